The zero-order valence-corrected chi connectivity index (χ0v) is 9.98. The van der Waals surface area contributed by atoms with Crippen molar-refractivity contribution in [2.75, 3.05) is 0 Å². The highest BCUT2D eigenvalue weighted by Crippen LogP contribution is 2.29. The number of nitrogens with zero attached hydrogens (tertiary/aromatic N) is 2. The number of para-hydroxylation sites is 1. The Morgan fingerprint density at radius 2 is 1.79 bits per heavy atom. The highest BCUT2D eigenvalue weighted by atomic mass is 16.6. The monoisotopic (exact) mass is 250 g/mol. The van der Waals surface area contributed by atoms with E-state index in [1.54, 1.807) is 18.3 Å². The van der Waals surface area contributed by atoms with Gasteiger partial charge in [0, 0.05) is 29.3 Å². The van der Waals surface area contributed by atoms with Crippen LogP contribution in [0.2, 0.25) is 0 Å². The molecule has 4 nitrogen and oxygen atoms in total. The number of nitro benzene ring substituents is 1. The molecule has 1 heterocycles. The number of nitro groups is 1. The molecule has 92 valence electrons. The molecule has 0 bridgehead atoms. The summed E-state index contributed by atoms with van der Waals surface area (Å²) < 4.78 is 0. The van der Waals surface area contributed by atoms with E-state index >= 15 is 0 Å². The summed E-state index contributed by atoms with van der Waals surface area (Å²) in [7, 11) is 0. The smallest absolute Gasteiger partial charge is 0.258 e. The summed E-state index contributed by atoms with van der Waals surface area (Å²) in [6, 6.07) is 16.3. The maximum atomic E-state index is 10.8. The highest BCUT2D eigenvalue weighted by Gasteiger charge is 2.09. The SMILES string of the molecule is O=[N+]([O-])c1cccc(-c2cccc3cccnc23)c1. The number of rotatable bonds is 2. The Morgan fingerprint density at radius 3 is 2.63 bits per heavy atom. The Hall–Kier alpha value is -2.75. The largest absolute Gasteiger partial charge is 0.270 e. The second-order valence-electron chi connectivity index (χ2n) is 4.19. The molecular weight excluding hydrogens is 240 g/mol. The third kappa shape index (κ3) is 2.04. The Balaban J connectivity index is 2.24. The Kier molecular flexibility index (Phi) is 2.68. The van der Waals surface area contributed by atoms with Crippen molar-refractivity contribution in [1.29, 1.82) is 0 Å². The standard InChI is InChI=1S/C15H10N2O2/c18-17(19)13-7-1-5-12(10-13)14-8-2-4-11-6-3-9-16-15(11)14/h1-10H. The van der Waals surface area contributed by atoms with Crippen LogP contribution in [0.3, 0.4) is 0 Å². The predicted molar refractivity (Wildman–Crippen MR) is 73.8 cm³/mol. The van der Waals surface area contributed by atoms with Crippen LogP contribution >= 0.6 is 0 Å². The van der Waals surface area contributed by atoms with E-state index in [4.69, 9.17) is 0 Å². The molecule has 0 aliphatic rings. The van der Waals surface area contributed by atoms with Crippen LogP contribution in [0.5, 0.6) is 0 Å². The lowest BCUT2D eigenvalue weighted by atomic mass is 10.0. The van der Waals surface area contributed by atoms with Crippen molar-refractivity contribution in [3.63, 3.8) is 0 Å². The first-order chi connectivity index (χ1) is 9.25. The highest BCUT2D eigenvalue weighted by molar-refractivity contribution is 5.93. The first-order valence-corrected chi connectivity index (χ1v) is 5.84. The van der Waals surface area contributed by atoms with Crippen LogP contribution in [0.25, 0.3) is 22.0 Å². The minimum atomic E-state index is -0.387. The van der Waals surface area contributed by atoms with Gasteiger partial charge in [-0.3, -0.25) is 15.1 Å². The van der Waals surface area contributed by atoms with Gasteiger partial charge in [-0.25, -0.2) is 0 Å². The molecule has 1 aromatic heterocycles. The topological polar surface area (TPSA) is 56.0 Å². The molecule has 0 amide bonds. The van der Waals surface area contributed by atoms with E-state index in [1.807, 2.05) is 36.4 Å². The van der Waals surface area contributed by atoms with Gasteiger partial charge in [-0.1, -0.05) is 36.4 Å². The average molecular weight is 250 g/mol. The van der Waals surface area contributed by atoms with E-state index in [0.29, 0.717) is 0 Å². The van der Waals surface area contributed by atoms with Gasteiger partial charge in [0.2, 0.25) is 0 Å². The lowest BCUT2D eigenvalue weighted by molar-refractivity contribution is -0.384. The molecule has 3 rings (SSSR count). The number of aromatic nitrogens is 1. The zero-order valence-electron chi connectivity index (χ0n) is 9.98. The number of pyridine rings is 1. The third-order valence-corrected chi connectivity index (χ3v) is 3.00. The first kappa shape index (κ1) is 11.3. The second-order valence-corrected chi connectivity index (χ2v) is 4.19. The maximum Gasteiger partial charge on any atom is 0.270 e. The average Bonchev–Trinajstić information content (AvgIpc) is 2.47. The van der Waals surface area contributed by atoms with Crippen molar-refractivity contribution in [3.8, 4) is 11.1 Å². The third-order valence-electron chi connectivity index (χ3n) is 3.00. The predicted octanol–water partition coefficient (Wildman–Crippen LogP) is 3.81. The summed E-state index contributed by atoms with van der Waals surface area (Å²) in [5, 5.41) is 11.9. The van der Waals surface area contributed by atoms with Crippen LogP contribution in [0, 0.1) is 10.1 Å². The summed E-state index contributed by atoms with van der Waals surface area (Å²) in [5.74, 6) is 0. The van der Waals surface area contributed by atoms with Crippen LogP contribution in [0.15, 0.2) is 60.8 Å². The van der Waals surface area contributed by atoms with Gasteiger partial charge in [-0.05, 0) is 11.6 Å². The molecule has 0 aliphatic carbocycles. The van der Waals surface area contributed by atoms with Crippen molar-refractivity contribution >= 4 is 16.6 Å². The lowest BCUT2D eigenvalue weighted by Crippen LogP contribution is -1.89. The van der Waals surface area contributed by atoms with Crippen molar-refractivity contribution in [2.45, 2.75) is 0 Å². The molecule has 2 aromatic carbocycles. The first-order valence-electron chi connectivity index (χ1n) is 5.84. The number of hydrogen-bond acceptors (Lipinski definition) is 3. The number of benzene rings is 2. The van der Waals surface area contributed by atoms with Gasteiger partial charge in [0.15, 0.2) is 0 Å². The van der Waals surface area contributed by atoms with Gasteiger partial charge in [0.05, 0.1) is 10.4 Å². The minimum Gasteiger partial charge on any atom is -0.258 e. The summed E-state index contributed by atoms with van der Waals surface area (Å²) >= 11 is 0. The Morgan fingerprint density at radius 1 is 1.00 bits per heavy atom. The van der Waals surface area contributed by atoms with E-state index < -0.39 is 0 Å². The van der Waals surface area contributed by atoms with Crippen LogP contribution < -0.4 is 0 Å². The van der Waals surface area contributed by atoms with Gasteiger partial charge < -0.3 is 0 Å². The van der Waals surface area contributed by atoms with E-state index in [-0.39, 0.29) is 10.6 Å². The molecular formula is C15H10N2O2. The van der Waals surface area contributed by atoms with E-state index in [9.17, 15) is 10.1 Å². The molecule has 0 N–H and O–H groups in total. The molecule has 0 spiro atoms. The second kappa shape index (κ2) is 4.49. The Bertz CT molecular complexity index is 763. The summed E-state index contributed by atoms with van der Waals surface area (Å²) in [5.41, 5.74) is 2.65. The van der Waals surface area contributed by atoms with Crippen LogP contribution in [-0.2, 0) is 0 Å². The molecule has 19 heavy (non-hydrogen) atoms. The van der Waals surface area contributed by atoms with Crippen molar-refractivity contribution in [1.82, 2.24) is 4.98 Å². The molecule has 0 saturated heterocycles. The van der Waals surface area contributed by atoms with Gasteiger partial charge in [-0.15, -0.1) is 0 Å². The maximum absolute atomic E-state index is 10.8. The number of fused-ring (bicyclic) bond motifs is 1. The summed E-state index contributed by atoms with van der Waals surface area (Å²) in [4.78, 5) is 14.8. The summed E-state index contributed by atoms with van der Waals surface area (Å²) in [6.07, 6.45) is 1.73. The van der Waals surface area contributed by atoms with Crippen molar-refractivity contribution in [2.24, 2.45) is 0 Å². The van der Waals surface area contributed by atoms with E-state index in [0.717, 1.165) is 22.0 Å². The van der Waals surface area contributed by atoms with Gasteiger partial charge >= 0.3 is 0 Å². The van der Waals surface area contributed by atoms with E-state index in [2.05, 4.69) is 4.98 Å². The molecule has 0 aliphatic heterocycles. The van der Waals surface area contributed by atoms with Crippen LogP contribution in [0.4, 0.5) is 5.69 Å². The molecule has 0 atom stereocenters. The quantitative estimate of drug-likeness (QED) is 0.513. The minimum absolute atomic E-state index is 0.0884. The Labute approximate surface area is 109 Å². The van der Waals surface area contributed by atoms with Crippen LogP contribution in [0.1, 0.15) is 0 Å². The molecule has 3 aromatic rings. The normalized spacial score (nSPS) is 10.5. The van der Waals surface area contributed by atoms with Gasteiger partial charge in [0.1, 0.15) is 0 Å². The number of hydrogen-bond donors (Lipinski definition) is 0. The lowest BCUT2D eigenvalue weighted by Gasteiger charge is -2.05. The molecule has 0 fully saturated rings. The molecule has 4 heteroatoms. The van der Waals surface area contributed by atoms with Crippen molar-refractivity contribution < 1.29 is 4.92 Å². The molecule has 0 unspecified atom stereocenters. The fourth-order valence-corrected chi connectivity index (χ4v) is 2.12. The van der Waals surface area contributed by atoms with Crippen LogP contribution in [-0.4, -0.2) is 9.91 Å². The fraction of sp³-hybridized carbons (Fsp3) is 0. The van der Waals surface area contributed by atoms with E-state index in [1.165, 1.54) is 6.07 Å². The van der Waals surface area contributed by atoms with Crippen molar-refractivity contribution in [3.05, 3.63) is 70.9 Å². The molecule has 0 radical (unpaired) electrons. The summed E-state index contributed by atoms with van der Waals surface area (Å²) in [6.45, 7) is 0. The zero-order chi connectivity index (χ0) is 13.2. The molecule has 0 saturated carbocycles. The van der Waals surface area contributed by atoms with Gasteiger partial charge in [0.25, 0.3) is 5.69 Å². The number of non-ortho nitro benzene ring substituents is 1. The van der Waals surface area contributed by atoms with Gasteiger partial charge in [-0.2, -0.15) is 0 Å². The fourth-order valence-electron chi connectivity index (χ4n) is 2.12.